The molecule has 0 spiro atoms. The van der Waals surface area contributed by atoms with E-state index in [0.29, 0.717) is 10.7 Å². The molecular formula is C15H12ClFN2O3. The number of halogens is 2. The van der Waals surface area contributed by atoms with E-state index >= 15 is 0 Å². The van der Waals surface area contributed by atoms with Crippen LogP contribution in [-0.4, -0.2) is 17.1 Å². The van der Waals surface area contributed by atoms with E-state index in [9.17, 15) is 19.1 Å². The third-order valence-corrected chi connectivity index (χ3v) is 3.08. The molecule has 7 heteroatoms. The van der Waals surface area contributed by atoms with Crippen molar-refractivity contribution >= 4 is 29.3 Å². The number of benzene rings is 2. The summed E-state index contributed by atoms with van der Waals surface area (Å²) in [5.74, 6) is -1.74. The fourth-order valence-corrected chi connectivity index (χ4v) is 1.90. The fourth-order valence-electron chi connectivity index (χ4n) is 1.77. The highest BCUT2D eigenvalue weighted by Gasteiger charge is 2.22. The van der Waals surface area contributed by atoms with Gasteiger partial charge >= 0.3 is 12.0 Å². The Morgan fingerprint density at radius 3 is 2.18 bits per heavy atom. The topological polar surface area (TPSA) is 78.4 Å². The maximum absolute atomic E-state index is 12.9. The predicted octanol–water partition coefficient (Wildman–Crippen LogP) is 3.43. The molecule has 1 atom stereocenters. The van der Waals surface area contributed by atoms with Gasteiger partial charge in [-0.25, -0.2) is 14.0 Å². The van der Waals surface area contributed by atoms with E-state index in [2.05, 4.69) is 10.6 Å². The van der Waals surface area contributed by atoms with Gasteiger partial charge in [0.25, 0.3) is 0 Å². The summed E-state index contributed by atoms with van der Waals surface area (Å²) in [6.07, 6.45) is 0. The lowest BCUT2D eigenvalue weighted by Crippen LogP contribution is -2.36. The van der Waals surface area contributed by atoms with Gasteiger partial charge in [0, 0.05) is 10.7 Å². The van der Waals surface area contributed by atoms with Crippen molar-refractivity contribution < 1.29 is 19.1 Å². The molecule has 0 aliphatic carbocycles. The van der Waals surface area contributed by atoms with Crippen LogP contribution in [0.15, 0.2) is 48.5 Å². The Bertz CT molecular complexity index is 674. The highest BCUT2D eigenvalue weighted by Crippen LogP contribution is 2.16. The zero-order chi connectivity index (χ0) is 16.1. The molecule has 0 unspecified atom stereocenters. The van der Waals surface area contributed by atoms with E-state index in [1.165, 1.54) is 12.1 Å². The molecule has 0 radical (unpaired) electrons. The molecule has 2 aromatic rings. The predicted molar refractivity (Wildman–Crippen MR) is 80.4 cm³/mol. The Hall–Kier alpha value is -2.60. The van der Waals surface area contributed by atoms with Crippen molar-refractivity contribution in [2.24, 2.45) is 0 Å². The van der Waals surface area contributed by atoms with Crippen molar-refractivity contribution in [1.29, 1.82) is 0 Å². The van der Waals surface area contributed by atoms with E-state index < -0.39 is 23.9 Å². The Balaban J connectivity index is 2.07. The van der Waals surface area contributed by atoms with Crippen LogP contribution in [0.3, 0.4) is 0 Å². The monoisotopic (exact) mass is 322 g/mol. The van der Waals surface area contributed by atoms with Crippen LogP contribution in [0.5, 0.6) is 0 Å². The maximum Gasteiger partial charge on any atom is 0.330 e. The van der Waals surface area contributed by atoms with Crippen LogP contribution in [0.25, 0.3) is 0 Å². The van der Waals surface area contributed by atoms with E-state index in [-0.39, 0.29) is 5.56 Å². The average Bonchev–Trinajstić information content (AvgIpc) is 2.48. The number of amides is 2. The van der Waals surface area contributed by atoms with Crippen molar-refractivity contribution in [3.63, 3.8) is 0 Å². The number of carboxylic acids is 1. The molecule has 0 saturated carbocycles. The number of carboxylic acid groups (broad SMARTS) is 1. The second-order valence-corrected chi connectivity index (χ2v) is 4.86. The van der Waals surface area contributed by atoms with Gasteiger partial charge in [-0.3, -0.25) is 0 Å². The highest BCUT2D eigenvalue weighted by molar-refractivity contribution is 6.30. The summed E-state index contributed by atoms with van der Waals surface area (Å²) < 4.78 is 12.9. The summed E-state index contributed by atoms with van der Waals surface area (Å²) >= 11 is 5.73. The van der Waals surface area contributed by atoms with Gasteiger partial charge in [-0.05, 0) is 42.0 Å². The molecular weight excluding hydrogens is 311 g/mol. The second kappa shape index (κ2) is 6.91. The first-order valence-electron chi connectivity index (χ1n) is 6.27. The number of hydrogen-bond donors (Lipinski definition) is 3. The standard InChI is InChI=1S/C15H12ClFN2O3/c16-10-3-7-12(8-4-10)18-15(22)19-13(14(20)21)9-1-5-11(17)6-2-9/h1-8,13H,(H,20,21)(H2,18,19,22)/t13-/m1/s1. The molecule has 2 aromatic carbocycles. The summed E-state index contributed by atoms with van der Waals surface area (Å²) in [5.41, 5.74) is 0.727. The van der Waals surface area contributed by atoms with E-state index in [0.717, 1.165) is 12.1 Å². The minimum Gasteiger partial charge on any atom is -0.479 e. The van der Waals surface area contributed by atoms with Crippen molar-refractivity contribution in [2.45, 2.75) is 6.04 Å². The van der Waals surface area contributed by atoms with Gasteiger partial charge in [0.15, 0.2) is 6.04 Å². The van der Waals surface area contributed by atoms with Gasteiger partial charge in [-0.15, -0.1) is 0 Å². The summed E-state index contributed by atoms with van der Waals surface area (Å²) in [6.45, 7) is 0. The number of carbonyl (C=O) groups is 2. The van der Waals surface area contributed by atoms with Gasteiger partial charge in [-0.1, -0.05) is 23.7 Å². The Morgan fingerprint density at radius 1 is 1.05 bits per heavy atom. The van der Waals surface area contributed by atoms with Gasteiger partial charge in [0.1, 0.15) is 5.82 Å². The average molecular weight is 323 g/mol. The maximum atomic E-state index is 12.9. The van der Waals surface area contributed by atoms with Gasteiger partial charge in [0.05, 0.1) is 0 Å². The van der Waals surface area contributed by atoms with E-state index in [1.54, 1.807) is 24.3 Å². The lowest BCUT2D eigenvalue weighted by atomic mass is 10.1. The number of anilines is 1. The molecule has 114 valence electrons. The fraction of sp³-hybridized carbons (Fsp3) is 0.0667. The highest BCUT2D eigenvalue weighted by atomic mass is 35.5. The number of urea groups is 1. The normalized spacial score (nSPS) is 11.5. The molecule has 2 rings (SSSR count). The quantitative estimate of drug-likeness (QED) is 0.807. The van der Waals surface area contributed by atoms with Crippen LogP contribution in [-0.2, 0) is 4.79 Å². The largest absolute Gasteiger partial charge is 0.479 e. The lowest BCUT2D eigenvalue weighted by Gasteiger charge is -2.15. The van der Waals surface area contributed by atoms with E-state index in [1.807, 2.05) is 0 Å². The van der Waals surface area contributed by atoms with Crippen LogP contribution in [0, 0.1) is 5.82 Å². The minimum absolute atomic E-state index is 0.264. The minimum atomic E-state index is -1.28. The third-order valence-electron chi connectivity index (χ3n) is 2.83. The third kappa shape index (κ3) is 4.20. The Kier molecular flexibility index (Phi) is 4.95. The summed E-state index contributed by atoms with van der Waals surface area (Å²) in [7, 11) is 0. The zero-order valence-electron chi connectivity index (χ0n) is 11.2. The van der Waals surface area contributed by atoms with Crippen LogP contribution >= 0.6 is 11.6 Å². The molecule has 5 nitrogen and oxygen atoms in total. The zero-order valence-corrected chi connectivity index (χ0v) is 12.0. The molecule has 0 aromatic heterocycles. The van der Waals surface area contributed by atoms with Crippen LogP contribution in [0.2, 0.25) is 5.02 Å². The first-order chi connectivity index (χ1) is 10.5. The molecule has 0 bridgehead atoms. The van der Waals surface area contributed by atoms with Crippen molar-refractivity contribution in [3.8, 4) is 0 Å². The Labute approximate surface area is 130 Å². The van der Waals surface area contributed by atoms with Crippen molar-refractivity contribution in [1.82, 2.24) is 5.32 Å². The summed E-state index contributed by atoms with van der Waals surface area (Å²) in [6, 6.07) is 9.22. The van der Waals surface area contributed by atoms with E-state index in [4.69, 9.17) is 11.6 Å². The number of nitrogens with one attached hydrogen (secondary N) is 2. The molecule has 22 heavy (non-hydrogen) atoms. The first kappa shape index (κ1) is 15.8. The van der Waals surface area contributed by atoms with Crippen LogP contribution in [0.1, 0.15) is 11.6 Å². The Morgan fingerprint density at radius 2 is 1.64 bits per heavy atom. The molecule has 0 aliphatic rings. The number of hydrogen-bond acceptors (Lipinski definition) is 2. The second-order valence-electron chi connectivity index (χ2n) is 4.43. The van der Waals surface area contributed by atoms with Gasteiger partial charge in [0.2, 0.25) is 0 Å². The molecule has 0 saturated heterocycles. The van der Waals surface area contributed by atoms with Gasteiger partial charge < -0.3 is 15.7 Å². The van der Waals surface area contributed by atoms with Crippen LogP contribution in [0.4, 0.5) is 14.9 Å². The summed E-state index contributed by atoms with van der Waals surface area (Å²) in [4.78, 5) is 23.1. The van der Waals surface area contributed by atoms with Crippen molar-refractivity contribution in [3.05, 3.63) is 64.9 Å². The SMILES string of the molecule is O=C(Nc1ccc(Cl)cc1)N[C@@H](C(=O)O)c1ccc(F)cc1. The number of carbonyl (C=O) groups excluding carboxylic acids is 1. The molecule has 3 N–H and O–H groups in total. The number of rotatable bonds is 4. The van der Waals surface area contributed by atoms with Crippen molar-refractivity contribution in [2.75, 3.05) is 5.32 Å². The molecule has 0 fully saturated rings. The molecule has 0 heterocycles. The van der Waals surface area contributed by atoms with Crippen LogP contribution < -0.4 is 10.6 Å². The van der Waals surface area contributed by atoms with Gasteiger partial charge in [-0.2, -0.15) is 0 Å². The lowest BCUT2D eigenvalue weighted by molar-refractivity contribution is -0.139. The summed E-state index contributed by atoms with van der Waals surface area (Å²) in [5, 5.41) is 14.5. The molecule has 2 amide bonds. The first-order valence-corrected chi connectivity index (χ1v) is 6.65. The smallest absolute Gasteiger partial charge is 0.330 e. The number of aliphatic carboxylic acids is 1. The molecule has 0 aliphatic heterocycles.